The predicted octanol–water partition coefficient (Wildman–Crippen LogP) is -1.43. The Balaban J connectivity index is -0.000000174. The van der Waals surface area contributed by atoms with Gasteiger partial charge in [0, 0.05) is 42.5 Å². The van der Waals surface area contributed by atoms with Crippen molar-refractivity contribution in [1.82, 2.24) is 9.80 Å². The van der Waals surface area contributed by atoms with E-state index in [1.807, 2.05) is 0 Å². The van der Waals surface area contributed by atoms with Crippen LogP contribution in [0.3, 0.4) is 0 Å². The summed E-state index contributed by atoms with van der Waals surface area (Å²) in [6.07, 6.45) is -5.00. The van der Waals surface area contributed by atoms with E-state index >= 15 is 0 Å². The molecule has 31 heavy (non-hydrogen) atoms. The van der Waals surface area contributed by atoms with E-state index in [0.717, 1.165) is 0 Å². The number of aliphatic hydroxyl groups excluding tert-OH is 7. The summed E-state index contributed by atoms with van der Waals surface area (Å²) in [7, 11) is 2.82. The molecule has 0 aromatic heterocycles. The SMILES string of the molecule is CC(O)N(C(C)O)C(C)O.CC(O)N(C(C)O)C(C)O.CCOC(CO)(OC)OC.[Ti]. The van der Waals surface area contributed by atoms with Gasteiger partial charge in [0.25, 0.3) is 0 Å². The minimum absolute atomic E-state index is 0. The van der Waals surface area contributed by atoms with Crippen molar-refractivity contribution in [3.63, 3.8) is 0 Å². The maximum Gasteiger partial charge on any atom is 0.307 e. The smallest absolute Gasteiger partial charge is 0.307 e. The molecule has 0 fully saturated rings. The van der Waals surface area contributed by atoms with Crippen LogP contribution in [-0.4, -0.2) is 116 Å². The monoisotopic (exact) mass is 496 g/mol. The molecule has 0 heterocycles. The van der Waals surface area contributed by atoms with E-state index in [1.54, 1.807) is 6.92 Å². The Kier molecular flexibility index (Phi) is 25.8. The van der Waals surface area contributed by atoms with Gasteiger partial charge < -0.3 is 50.0 Å². The van der Waals surface area contributed by atoms with Crippen LogP contribution in [0.2, 0.25) is 0 Å². The summed E-state index contributed by atoms with van der Waals surface area (Å²) in [5.74, 6) is -1.27. The van der Waals surface area contributed by atoms with Crippen LogP contribution >= 0.6 is 0 Å². The van der Waals surface area contributed by atoms with Crippen LogP contribution in [0.25, 0.3) is 0 Å². The molecule has 0 aromatic carbocycles. The fourth-order valence-corrected chi connectivity index (χ4v) is 2.47. The Bertz CT molecular complexity index is 314. The minimum Gasteiger partial charge on any atom is -0.388 e. The zero-order chi connectivity index (χ0) is 24.7. The zero-order valence-electron chi connectivity index (χ0n) is 20.1. The number of hydrogen-bond acceptors (Lipinski definition) is 12. The number of aliphatic hydroxyl groups is 7. The third kappa shape index (κ3) is 17.4. The predicted molar refractivity (Wildman–Crippen MR) is 109 cm³/mol. The molecule has 0 spiro atoms. The molecule has 6 atom stereocenters. The first-order valence-electron chi connectivity index (χ1n) is 9.66. The molecule has 0 radical (unpaired) electrons. The summed E-state index contributed by atoms with van der Waals surface area (Å²) in [4.78, 5) is 2.33. The number of rotatable bonds is 11. The summed E-state index contributed by atoms with van der Waals surface area (Å²) < 4.78 is 14.5. The molecule has 0 saturated carbocycles. The molecule has 0 saturated heterocycles. The first kappa shape index (κ1) is 38.5. The van der Waals surface area contributed by atoms with Gasteiger partial charge in [-0.3, -0.25) is 0 Å². The number of methoxy groups -OCH3 is 2. The Labute approximate surface area is 200 Å². The fraction of sp³-hybridized carbons (Fsp3) is 1.00. The molecular formula is C18H44N2O10Ti. The standard InChI is InChI=1S/2C6H15NO3.C6H14O4.Ti/c2*1-4(8)7(5(2)9)6(3)10;1-4-10-6(5-7,8-2)9-3;/h2*4-6,8-10H,1-3H3;7H,4-5H2,1-3H3;. The van der Waals surface area contributed by atoms with Gasteiger partial charge in [-0.25, -0.2) is 9.80 Å². The van der Waals surface area contributed by atoms with Gasteiger partial charge in [-0.1, -0.05) is 0 Å². The molecule has 7 N–H and O–H groups in total. The normalized spacial score (nSPS) is 17.2. The van der Waals surface area contributed by atoms with Crippen molar-refractivity contribution in [2.24, 2.45) is 0 Å². The molecule has 0 aromatic rings. The van der Waals surface area contributed by atoms with Gasteiger partial charge in [-0.2, -0.15) is 0 Å². The number of hydrogen-bond donors (Lipinski definition) is 7. The van der Waals surface area contributed by atoms with Gasteiger partial charge in [0.05, 0.1) is 0 Å². The molecule has 0 amide bonds. The van der Waals surface area contributed by atoms with E-state index in [4.69, 9.17) is 50.0 Å². The van der Waals surface area contributed by atoms with Crippen molar-refractivity contribution >= 4 is 0 Å². The third-order valence-electron chi connectivity index (χ3n) is 3.77. The zero-order valence-corrected chi connectivity index (χ0v) is 21.7. The van der Waals surface area contributed by atoms with Crippen LogP contribution < -0.4 is 0 Å². The van der Waals surface area contributed by atoms with Gasteiger partial charge in [-0.05, 0) is 48.5 Å². The van der Waals surface area contributed by atoms with Gasteiger partial charge in [0.2, 0.25) is 0 Å². The van der Waals surface area contributed by atoms with E-state index in [0.29, 0.717) is 6.61 Å². The van der Waals surface area contributed by atoms with Gasteiger partial charge in [-0.15, -0.1) is 0 Å². The maximum atomic E-state index is 8.96. The van der Waals surface area contributed by atoms with E-state index in [2.05, 4.69) is 0 Å². The van der Waals surface area contributed by atoms with Gasteiger partial charge in [0.1, 0.15) is 44.0 Å². The first-order chi connectivity index (χ1) is 13.7. The van der Waals surface area contributed by atoms with Crippen molar-refractivity contribution in [3.8, 4) is 0 Å². The van der Waals surface area contributed by atoms with Crippen LogP contribution in [0.1, 0.15) is 48.5 Å². The third-order valence-corrected chi connectivity index (χ3v) is 3.77. The van der Waals surface area contributed by atoms with E-state index in [-0.39, 0.29) is 28.3 Å². The van der Waals surface area contributed by atoms with E-state index < -0.39 is 43.3 Å². The molecule has 13 heteroatoms. The number of nitrogens with zero attached hydrogens (tertiary/aromatic N) is 2. The van der Waals surface area contributed by atoms with Crippen LogP contribution in [0, 0.1) is 0 Å². The largest absolute Gasteiger partial charge is 0.388 e. The summed E-state index contributed by atoms with van der Waals surface area (Å²) in [5.41, 5.74) is 0. The molecule has 0 aliphatic heterocycles. The van der Waals surface area contributed by atoms with Gasteiger partial charge >= 0.3 is 5.97 Å². The van der Waals surface area contributed by atoms with Crippen molar-refractivity contribution < 1.29 is 71.7 Å². The van der Waals surface area contributed by atoms with E-state index in [1.165, 1.54) is 65.6 Å². The van der Waals surface area contributed by atoms with Crippen molar-refractivity contribution in [2.75, 3.05) is 27.4 Å². The summed E-state index contributed by atoms with van der Waals surface area (Å²) >= 11 is 0. The average molecular weight is 496 g/mol. The Morgan fingerprint density at radius 3 is 0.903 bits per heavy atom. The summed E-state index contributed by atoms with van der Waals surface area (Å²) in [5, 5.41) is 62.5. The topological polar surface area (TPSA) is 176 Å². The number of ether oxygens (including phenoxy) is 3. The Morgan fingerprint density at radius 2 is 0.871 bits per heavy atom. The molecule has 0 bridgehead atoms. The van der Waals surface area contributed by atoms with Crippen molar-refractivity contribution in [1.29, 1.82) is 0 Å². The molecule has 190 valence electrons. The molecule has 0 aliphatic rings. The Hall–Kier alpha value is 0.234. The maximum absolute atomic E-state index is 8.96. The minimum atomic E-state index is -1.27. The second kappa shape index (κ2) is 20.8. The van der Waals surface area contributed by atoms with Gasteiger partial charge in [0.15, 0.2) is 0 Å². The molecular weight excluding hydrogens is 452 g/mol. The quantitative estimate of drug-likeness (QED) is 0.131. The fourth-order valence-electron chi connectivity index (χ4n) is 2.47. The first-order valence-corrected chi connectivity index (χ1v) is 9.66. The summed E-state index contributed by atoms with van der Waals surface area (Å²) in [6, 6.07) is 0. The van der Waals surface area contributed by atoms with Crippen LogP contribution in [0.4, 0.5) is 0 Å². The molecule has 0 rings (SSSR count). The van der Waals surface area contributed by atoms with Crippen molar-refractivity contribution in [2.45, 2.75) is 91.8 Å². The second-order valence-electron chi connectivity index (χ2n) is 6.37. The van der Waals surface area contributed by atoms with Crippen LogP contribution in [0.5, 0.6) is 0 Å². The Morgan fingerprint density at radius 1 is 0.645 bits per heavy atom. The average Bonchev–Trinajstić information content (AvgIpc) is 2.58. The van der Waals surface area contributed by atoms with Crippen LogP contribution in [-0.2, 0) is 35.9 Å². The van der Waals surface area contributed by atoms with Crippen molar-refractivity contribution in [3.05, 3.63) is 0 Å². The molecule has 6 unspecified atom stereocenters. The van der Waals surface area contributed by atoms with Crippen LogP contribution in [0.15, 0.2) is 0 Å². The molecule has 12 nitrogen and oxygen atoms in total. The second-order valence-corrected chi connectivity index (χ2v) is 6.37. The van der Waals surface area contributed by atoms with E-state index in [9.17, 15) is 0 Å². The summed E-state index contributed by atoms with van der Waals surface area (Å²) in [6.45, 7) is 10.8. The molecule has 0 aliphatic carbocycles.